The van der Waals surface area contributed by atoms with Crippen LogP contribution in [0.4, 0.5) is 10.1 Å². The van der Waals surface area contributed by atoms with Gasteiger partial charge in [0.2, 0.25) is 21.8 Å². The van der Waals surface area contributed by atoms with Gasteiger partial charge in [-0.05, 0) is 43.2 Å². The van der Waals surface area contributed by atoms with Crippen molar-refractivity contribution in [3.63, 3.8) is 0 Å². The Morgan fingerprint density at radius 2 is 2.00 bits per heavy atom. The van der Waals surface area contributed by atoms with E-state index in [9.17, 15) is 17.6 Å². The fraction of sp³-hybridized carbons (Fsp3) is 0.333. The molecule has 27 heavy (non-hydrogen) atoms. The van der Waals surface area contributed by atoms with Crippen molar-refractivity contribution in [1.29, 1.82) is 0 Å². The number of anilines is 1. The van der Waals surface area contributed by atoms with Gasteiger partial charge in [0.15, 0.2) is 0 Å². The summed E-state index contributed by atoms with van der Waals surface area (Å²) in [6.45, 7) is 0.405. The van der Waals surface area contributed by atoms with Crippen LogP contribution in [0.15, 0.2) is 47.5 Å². The molecule has 1 aromatic heterocycles. The van der Waals surface area contributed by atoms with E-state index in [4.69, 9.17) is 4.74 Å². The van der Waals surface area contributed by atoms with E-state index in [0.29, 0.717) is 31.0 Å². The average Bonchev–Trinajstić information content (AvgIpc) is 2.69. The van der Waals surface area contributed by atoms with Gasteiger partial charge in [0.1, 0.15) is 5.82 Å². The monoisotopic (exact) mass is 393 g/mol. The third-order valence-electron chi connectivity index (χ3n) is 4.42. The Kier molecular flexibility index (Phi) is 5.71. The van der Waals surface area contributed by atoms with Gasteiger partial charge in [-0.3, -0.25) is 4.79 Å². The van der Waals surface area contributed by atoms with Crippen molar-refractivity contribution < 1.29 is 22.3 Å². The van der Waals surface area contributed by atoms with Gasteiger partial charge in [-0.25, -0.2) is 17.8 Å². The van der Waals surface area contributed by atoms with Crippen LogP contribution in [-0.2, 0) is 14.8 Å². The van der Waals surface area contributed by atoms with E-state index in [1.54, 1.807) is 12.1 Å². The number of nitrogens with one attached hydrogen (secondary N) is 1. The first kappa shape index (κ1) is 19.2. The molecule has 1 fully saturated rings. The Morgan fingerprint density at radius 3 is 2.63 bits per heavy atom. The molecule has 0 spiro atoms. The van der Waals surface area contributed by atoms with Gasteiger partial charge >= 0.3 is 0 Å². The second-order valence-corrected chi connectivity index (χ2v) is 8.17. The van der Waals surface area contributed by atoms with E-state index in [1.807, 2.05) is 0 Å². The van der Waals surface area contributed by atoms with E-state index < -0.39 is 21.8 Å². The van der Waals surface area contributed by atoms with Crippen LogP contribution in [0.2, 0.25) is 0 Å². The lowest BCUT2D eigenvalue weighted by Gasteiger charge is -2.31. The highest BCUT2D eigenvalue weighted by Crippen LogP contribution is 2.25. The van der Waals surface area contributed by atoms with E-state index in [2.05, 4.69) is 10.3 Å². The number of sulfonamides is 1. The summed E-state index contributed by atoms with van der Waals surface area (Å²) in [4.78, 5) is 16.6. The van der Waals surface area contributed by atoms with Crippen molar-refractivity contribution in [2.75, 3.05) is 25.5 Å². The minimum absolute atomic E-state index is 0.0179. The number of halogens is 1. The summed E-state index contributed by atoms with van der Waals surface area (Å²) in [7, 11) is -2.27. The SMILES string of the molecule is COc1ccc(NC(=O)[C@@H]2CCCN(S(=O)(=O)c3ccc(F)cc3)C2)cn1. The lowest BCUT2D eigenvalue weighted by atomic mass is 9.99. The maximum atomic E-state index is 13.1. The van der Waals surface area contributed by atoms with Gasteiger partial charge in [0.25, 0.3) is 0 Å². The Morgan fingerprint density at radius 1 is 1.26 bits per heavy atom. The summed E-state index contributed by atoms with van der Waals surface area (Å²) < 4.78 is 44.8. The third kappa shape index (κ3) is 4.42. The summed E-state index contributed by atoms with van der Waals surface area (Å²) in [6.07, 6.45) is 2.64. The van der Waals surface area contributed by atoms with Crippen LogP contribution in [-0.4, -0.2) is 43.8 Å². The molecule has 1 aliphatic rings. The Balaban J connectivity index is 1.69. The summed E-state index contributed by atoms with van der Waals surface area (Å²) >= 11 is 0. The Labute approximate surface area is 157 Å². The normalized spacial score (nSPS) is 18.1. The van der Waals surface area contributed by atoms with Gasteiger partial charge < -0.3 is 10.1 Å². The summed E-state index contributed by atoms with van der Waals surface area (Å²) in [5, 5.41) is 2.75. The molecule has 0 saturated carbocycles. The Bertz CT molecular complexity index is 901. The number of nitrogens with zero attached hydrogens (tertiary/aromatic N) is 2. The largest absolute Gasteiger partial charge is 0.481 e. The molecule has 9 heteroatoms. The number of pyridine rings is 1. The highest BCUT2D eigenvalue weighted by Gasteiger charge is 2.33. The van der Waals surface area contributed by atoms with Gasteiger partial charge in [0, 0.05) is 19.2 Å². The van der Waals surface area contributed by atoms with Crippen LogP contribution in [0.25, 0.3) is 0 Å². The molecule has 1 saturated heterocycles. The number of hydrogen-bond donors (Lipinski definition) is 1. The molecule has 3 rings (SSSR count). The zero-order chi connectivity index (χ0) is 19.4. The number of amides is 1. The summed E-state index contributed by atoms with van der Waals surface area (Å²) in [5.41, 5.74) is 0.513. The number of aromatic nitrogens is 1. The molecule has 0 unspecified atom stereocenters. The van der Waals surface area contributed by atoms with Crippen molar-refractivity contribution in [2.24, 2.45) is 5.92 Å². The second kappa shape index (κ2) is 8.01. The second-order valence-electron chi connectivity index (χ2n) is 6.23. The van der Waals surface area contributed by atoms with Crippen molar-refractivity contribution >= 4 is 21.6 Å². The van der Waals surface area contributed by atoms with Crippen LogP contribution in [0, 0.1) is 11.7 Å². The first-order valence-corrected chi connectivity index (χ1v) is 9.91. The topological polar surface area (TPSA) is 88.6 Å². The van der Waals surface area contributed by atoms with Gasteiger partial charge in [-0.1, -0.05) is 0 Å². The van der Waals surface area contributed by atoms with Gasteiger partial charge in [-0.15, -0.1) is 0 Å². The lowest BCUT2D eigenvalue weighted by Crippen LogP contribution is -2.43. The Hall–Kier alpha value is -2.52. The van der Waals surface area contributed by atoms with Gasteiger partial charge in [-0.2, -0.15) is 4.31 Å². The highest BCUT2D eigenvalue weighted by atomic mass is 32.2. The quantitative estimate of drug-likeness (QED) is 0.842. The van der Waals surface area contributed by atoms with Crippen LogP contribution in [0.5, 0.6) is 5.88 Å². The summed E-state index contributed by atoms with van der Waals surface area (Å²) in [6, 6.07) is 7.98. The van der Waals surface area contributed by atoms with Crippen molar-refractivity contribution in [1.82, 2.24) is 9.29 Å². The zero-order valence-corrected chi connectivity index (χ0v) is 15.6. The number of hydrogen-bond acceptors (Lipinski definition) is 5. The van der Waals surface area contributed by atoms with E-state index >= 15 is 0 Å². The molecule has 1 aromatic carbocycles. The molecule has 2 heterocycles. The molecule has 144 valence electrons. The molecular formula is C18H20FN3O4S. The van der Waals surface area contributed by atoms with Crippen LogP contribution >= 0.6 is 0 Å². The fourth-order valence-electron chi connectivity index (χ4n) is 2.95. The molecule has 1 N–H and O–H groups in total. The van der Waals surface area contributed by atoms with E-state index in [0.717, 1.165) is 12.1 Å². The molecular weight excluding hydrogens is 373 g/mol. The number of carbonyl (C=O) groups excluding carboxylic acids is 1. The predicted octanol–water partition coefficient (Wildman–Crippen LogP) is 2.27. The molecule has 1 amide bonds. The van der Waals surface area contributed by atoms with E-state index in [1.165, 1.54) is 29.7 Å². The number of methoxy groups -OCH3 is 1. The molecule has 0 bridgehead atoms. The smallest absolute Gasteiger partial charge is 0.243 e. The third-order valence-corrected chi connectivity index (χ3v) is 6.30. The molecule has 1 atom stereocenters. The predicted molar refractivity (Wildman–Crippen MR) is 97.3 cm³/mol. The van der Waals surface area contributed by atoms with Crippen LogP contribution in [0.3, 0.4) is 0 Å². The minimum atomic E-state index is -3.77. The molecule has 7 nitrogen and oxygen atoms in total. The van der Waals surface area contributed by atoms with Crippen molar-refractivity contribution in [3.05, 3.63) is 48.4 Å². The van der Waals surface area contributed by atoms with Crippen LogP contribution in [0.1, 0.15) is 12.8 Å². The maximum absolute atomic E-state index is 13.1. The lowest BCUT2D eigenvalue weighted by molar-refractivity contribution is -0.120. The number of ether oxygens (including phenoxy) is 1. The zero-order valence-electron chi connectivity index (χ0n) is 14.8. The summed E-state index contributed by atoms with van der Waals surface area (Å²) in [5.74, 6) is -0.808. The molecule has 0 radical (unpaired) electrons. The van der Waals surface area contributed by atoms with Crippen molar-refractivity contribution in [2.45, 2.75) is 17.7 Å². The van der Waals surface area contributed by atoms with Crippen molar-refractivity contribution in [3.8, 4) is 5.88 Å². The minimum Gasteiger partial charge on any atom is -0.481 e. The number of benzene rings is 1. The average molecular weight is 393 g/mol. The standard InChI is InChI=1S/C18H20FN3O4S/c1-26-17-9-6-15(11-20-17)21-18(23)13-3-2-10-22(12-13)27(24,25)16-7-4-14(19)5-8-16/h4-9,11,13H,2-3,10,12H2,1H3,(H,21,23)/t13-/m1/s1. The molecule has 1 aliphatic heterocycles. The number of rotatable bonds is 5. The molecule has 0 aliphatic carbocycles. The first-order chi connectivity index (χ1) is 12.9. The van der Waals surface area contributed by atoms with E-state index in [-0.39, 0.29) is 17.3 Å². The maximum Gasteiger partial charge on any atom is 0.243 e. The number of carbonyl (C=O) groups is 1. The number of piperidine rings is 1. The fourth-order valence-corrected chi connectivity index (χ4v) is 4.47. The highest BCUT2D eigenvalue weighted by molar-refractivity contribution is 7.89. The van der Waals surface area contributed by atoms with Gasteiger partial charge in [0.05, 0.1) is 29.8 Å². The van der Waals surface area contributed by atoms with Crippen LogP contribution < -0.4 is 10.1 Å². The molecule has 2 aromatic rings. The first-order valence-electron chi connectivity index (χ1n) is 8.47.